The van der Waals surface area contributed by atoms with Crippen molar-refractivity contribution in [3.05, 3.63) is 34.8 Å². The molecule has 0 saturated carbocycles. The summed E-state index contributed by atoms with van der Waals surface area (Å²) in [6, 6.07) is 8.92. The normalized spacial score (nSPS) is 13.4. The quantitative estimate of drug-likeness (QED) is 0.793. The van der Waals surface area contributed by atoms with Gasteiger partial charge in [-0.2, -0.15) is 0 Å². The van der Waals surface area contributed by atoms with Gasteiger partial charge in [-0.1, -0.05) is 0 Å². The third-order valence-corrected chi connectivity index (χ3v) is 4.23. The number of hydrogen-bond acceptors (Lipinski definition) is 1. The van der Waals surface area contributed by atoms with Gasteiger partial charge in [0.15, 0.2) is 0 Å². The van der Waals surface area contributed by atoms with Crippen molar-refractivity contribution < 1.29 is 0 Å². The SMILES string of the molecule is C[C@@H](N)Cc1c[se]c2ccccc12. The third-order valence-electron chi connectivity index (χ3n) is 2.10. The molecule has 0 spiro atoms. The molecule has 1 nitrogen and oxygen atoms in total. The predicted molar refractivity (Wildman–Crippen MR) is 58.2 cm³/mol. The molecule has 2 aromatic rings. The zero-order valence-electron chi connectivity index (χ0n) is 7.66. The predicted octanol–water partition coefficient (Wildman–Crippen LogP) is 1.79. The van der Waals surface area contributed by atoms with Crippen molar-refractivity contribution >= 4 is 24.1 Å². The Morgan fingerprint density at radius 2 is 2.15 bits per heavy atom. The third kappa shape index (κ3) is 1.86. The van der Waals surface area contributed by atoms with E-state index >= 15 is 0 Å². The number of nitrogens with two attached hydrogens (primary N) is 1. The minimum absolute atomic E-state index is 0.271. The molecule has 0 fully saturated rings. The standard InChI is InChI=1S/C11H13NSe/c1-8(12)6-9-7-13-11-5-3-2-4-10(9)11/h2-5,7-8H,6,12H2,1H3/t8-/m1/s1. The Morgan fingerprint density at radius 1 is 1.38 bits per heavy atom. The molecule has 0 aliphatic rings. The van der Waals surface area contributed by atoms with Crippen molar-refractivity contribution in [2.45, 2.75) is 19.4 Å². The molecule has 0 bridgehead atoms. The summed E-state index contributed by atoms with van der Waals surface area (Å²) in [6.45, 7) is 2.06. The topological polar surface area (TPSA) is 26.0 Å². The van der Waals surface area contributed by atoms with Crippen molar-refractivity contribution in [2.24, 2.45) is 5.73 Å². The summed E-state index contributed by atoms with van der Waals surface area (Å²) < 4.78 is 1.51. The average molecular weight is 238 g/mol. The molecule has 2 N–H and O–H groups in total. The van der Waals surface area contributed by atoms with E-state index < -0.39 is 0 Å². The van der Waals surface area contributed by atoms with Crippen molar-refractivity contribution in [2.75, 3.05) is 0 Å². The Labute approximate surface area is 84.3 Å². The first-order valence-corrected chi connectivity index (χ1v) is 6.32. The summed E-state index contributed by atoms with van der Waals surface area (Å²) in [5.41, 5.74) is 7.25. The van der Waals surface area contributed by atoms with Gasteiger partial charge in [0.2, 0.25) is 0 Å². The summed E-state index contributed by atoms with van der Waals surface area (Å²) in [6.07, 6.45) is 1.01. The second-order valence-corrected chi connectivity index (χ2v) is 5.35. The Kier molecular flexibility index (Phi) is 2.54. The summed E-state index contributed by atoms with van der Waals surface area (Å²) in [7, 11) is 0. The zero-order chi connectivity index (χ0) is 9.26. The molecule has 68 valence electrons. The molecular formula is C11H13NSe. The molecule has 0 aliphatic heterocycles. The fourth-order valence-electron chi connectivity index (χ4n) is 1.54. The van der Waals surface area contributed by atoms with Gasteiger partial charge in [0.25, 0.3) is 0 Å². The van der Waals surface area contributed by atoms with Gasteiger partial charge in [-0.05, 0) is 0 Å². The van der Waals surface area contributed by atoms with Crippen LogP contribution in [-0.2, 0) is 6.42 Å². The van der Waals surface area contributed by atoms with Crippen LogP contribution in [0.1, 0.15) is 12.5 Å². The Hall–Kier alpha value is -0.561. The zero-order valence-corrected chi connectivity index (χ0v) is 9.37. The monoisotopic (exact) mass is 239 g/mol. The van der Waals surface area contributed by atoms with E-state index in [2.05, 4.69) is 36.1 Å². The second kappa shape index (κ2) is 3.67. The van der Waals surface area contributed by atoms with Crippen LogP contribution in [0, 0.1) is 0 Å². The van der Waals surface area contributed by atoms with Gasteiger partial charge in [-0.25, -0.2) is 0 Å². The molecule has 1 heterocycles. The second-order valence-electron chi connectivity index (χ2n) is 3.44. The van der Waals surface area contributed by atoms with Crippen molar-refractivity contribution in [3.63, 3.8) is 0 Å². The van der Waals surface area contributed by atoms with Crippen molar-refractivity contribution in [1.29, 1.82) is 0 Å². The van der Waals surface area contributed by atoms with E-state index in [9.17, 15) is 0 Å². The van der Waals surface area contributed by atoms with Crippen LogP contribution in [-0.4, -0.2) is 20.5 Å². The molecule has 1 aromatic carbocycles. The van der Waals surface area contributed by atoms with Crippen LogP contribution in [0.2, 0.25) is 0 Å². The fraction of sp³-hybridized carbons (Fsp3) is 0.273. The number of benzene rings is 1. The van der Waals surface area contributed by atoms with E-state index in [4.69, 9.17) is 5.73 Å². The Balaban J connectivity index is 2.46. The summed E-state index contributed by atoms with van der Waals surface area (Å²) in [5, 5.41) is 1.43. The van der Waals surface area contributed by atoms with Crippen LogP contribution < -0.4 is 5.73 Å². The average Bonchev–Trinajstić information content (AvgIpc) is 2.48. The molecule has 13 heavy (non-hydrogen) atoms. The molecule has 0 radical (unpaired) electrons. The Morgan fingerprint density at radius 3 is 2.92 bits per heavy atom. The molecule has 2 rings (SSSR count). The summed E-state index contributed by atoms with van der Waals surface area (Å²) in [5.74, 6) is 0. The van der Waals surface area contributed by atoms with Gasteiger partial charge >= 0.3 is 84.0 Å². The molecule has 2 heteroatoms. The van der Waals surface area contributed by atoms with E-state index in [0.29, 0.717) is 14.5 Å². The number of hydrogen-bond donors (Lipinski definition) is 1. The number of rotatable bonds is 2. The van der Waals surface area contributed by atoms with E-state index in [-0.39, 0.29) is 6.04 Å². The number of fused-ring (bicyclic) bond motifs is 1. The van der Waals surface area contributed by atoms with Gasteiger partial charge in [-0.15, -0.1) is 0 Å². The minimum atomic E-state index is 0.271. The van der Waals surface area contributed by atoms with Gasteiger partial charge in [0.05, 0.1) is 0 Å². The first kappa shape index (κ1) is 9.01. The molecular weight excluding hydrogens is 225 g/mol. The van der Waals surface area contributed by atoms with Crippen LogP contribution >= 0.6 is 0 Å². The maximum absolute atomic E-state index is 5.80. The van der Waals surface area contributed by atoms with Crippen LogP contribution in [0.15, 0.2) is 29.2 Å². The molecule has 1 aromatic heterocycles. The van der Waals surface area contributed by atoms with Gasteiger partial charge < -0.3 is 0 Å². The molecule has 0 saturated heterocycles. The molecule has 0 aliphatic carbocycles. The van der Waals surface area contributed by atoms with Crippen LogP contribution in [0.4, 0.5) is 0 Å². The fourth-order valence-corrected chi connectivity index (χ4v) is 3.58. The van der Waals surface area contributed by atoms with Gasteiger partial charge in [-0.3, -0.25) is 0 Å². The summed E-state index contributed by atoms with van der Waals surface area (Å²) >= 11 is 0.542. The van der Waals surface area contributed by atoms with E-state index in [0.717, 1.165) is 6.42 Å². The molecule has 0 unspecified atom stereocenters. The van der Waals surface area contributed by atoms with Gasteiger partial charge in [0, 0.05) is 0 Å². The molecule has 1 atom stereocenters. The van der Waals surface area contributed by atoms with Crippen LogP contribution in [0.5, 0.6) is 0 Å². The molecule has 0 amide bonds. The first-order valence-electron chi connectivity index (χ1n) is 4.48. The van der Waals surface area contributed by atoms with E-state index in [1.807, 2.05) is 0 Å². The summed E-state index contributed by atoms with van der Waals surface area (Å²) in [4.78, 5) is 2.36. The Bertz CT molecular complexity index is 403. The van der Waals surface area contributed by atoms with Gasteiger partial charge in [0.1, 0.15) is 0 Å². The first-order chi connectivity index (χ1) is 6.27. The van der Waals surface area contributed by atoms with E-state index in [1.165, 1.54) is 15.2 Å². The van der Waals surface area contributed by atoms with Crippen molar-refractivity contribution in [3.8, 4) is 0 Å². The van der Waals surface area contributed by atoms with Crippen LogP contribution in [0.25, 0.3) is 9.65 Å². The van der Waals surface area contributed by atoms with Crippen LogP contribution in [0.3, 0.4) is 0 Å². The maximum atomic E-state index is 5.80. The van der Waals surface area contributed by atoms with Crippen molar-refractivity contribution in [1.82, 2.24) is 0 Å². The van der Waals surface area contributed by atoms with E-state index in [1.54, 1.807) is 0 Å².